The SMILES string of the molecule is COCC1O[C@@H](O[C@H]2C(O)C(OC)[C@H](O)O[C@H]2COC)[C@@H](OC)C(O)[C@@H]1O[C@@H]1O[C@@H](COC)[C@@H](O)C(O)C1OC. The van der Waals surface area contributed by atoms with Gasteiger partial charge in [0, 0.05) is 42.7 Å². The Morgan fingerprint density at radius 2 is 0.850 bits per heavy atom. The first-order chi connectivity index (χ1) is 19.2. The van der Waals surface area contributed by atoms with Crippen LogP contribution in [0.15, 0.2) is 0 Å². The zero-order chi connectivity index (χ0) is 29.6. The molecule has 0 spiro atoms. The maximum absolute atomic E-state index is 11.4. The summed E-state index contributed by atoms with van der Waals surface area (Å²) in [7, 11) is 8.21. The van der Waals surface area contributed by atoms with Crippen LogP contribution in [-0.2, 0) is 52.1 Å². The van der Waals surface area contributed by atoms with Crippen molar-refractivity contribution in [3.8, 4) is 0 Å². The lowest BCUT2D eigenvalue weighted by atomic mass is 9.96. The van der Waals surface area contributed by atoms with Crippen molar-refractivity contribution in [3.05, 3.63) is 0 Å². The van der Waals surface area contributed by atoms with Crippen molar-refractivity contribution in [1.29, 1.82) is 0 Å². The van der Waals surface area contributed by atoms with E-state index in [0.717, 1.165) is 0 Å². The van der Waals surface area contributed by atoms with Crippen LogP contribution in [0.1, 0.15) is 0 Å². The highest BCUT2D eigenvalue weighted by Crippen LogP contribution is 2.34. The highest BCUT2D eigenvalue weighted by Gasteiger charge is 2.54. The molecule has 15 atom stereocenters. The monoisotopic (exact) mass is 588 g/mol. The van der Waals surface area contributed by atoms with Crippen molar-refractivity contribution >= 4 is 0 Å². The second-order valence-corrected chi connectivity index (χ2v) is 9.78. The minimum Gasteiger partial charge on any atom is -0.387 e. The molecule has 0 bridgehead atoms. The van der Waals surface area contributed by atoms with Crippen LogP contribution in [0, 0.1) is 0 Å². The summed E-state index contributed by atoms with van der Waals surface area (Å²) in [5, 5.41) is 53.6. The van der Waals surface area contributed by atoms with Gasteiger partial charge in [-0.15, -0.1) is 0 Å². The Bertz CT molecular complexity index is 727. The molecule has 0 aliphatic carbocycles. The molecule has 236 valence electrons. The van der Waals surface area contributed by atoms with Gasteiger partial charge in [0.1, 0.15) is 73.2 Å². The molecule has 16 heteroatoms. The predicted molar refractivity (Wildman–Crippen MR) is 130 cm³/mol. The van der Waals surface area contributed by atoms with Crippen molar-refractivity contribution in [3.63, 3.8) is 0 Å². The second-order valence-electron chi connectivity index (χ2n) is 9.78. The molecule has 40 heavy (non-hydrogen) atoms. The Balaban J connectivity index is 1.83. The molecule has 3 aliphatic rings. The quantitative estimate of drug-likeness (QED) is 0.141. The van der Waals surface area contributed by atoms with Crippen molar-refractivity contribution in [2.45, 2.75) is 92.1 Å². The summed E-state index contributed by atoms with van der Waals surface area (Å²) in [5.74, 6) is 0. The molecule has 3 saturated heterocycles. The van der Waals surface area contributed by atoms with Crippen LogP contribution in [-0.4, -0.2) is 180 Å². The van der Waals surface area contributed by atoms with Crippen molar-refractivity contribution in [1.82, 2.24) is 0 Å². The Hall–Kier alpha value is -0.640. The summed E-state index contributed by atoms with van der Waals surface area (Å²) in [6.07, 6.45) is -17.9. The predicted octanol–water partition coefficient (Wildman–Crippen LogP) is -3.65. The molecule has 0 aromatic heterocycles. The number of hydrogen-bond acceptors (Lipinski definition) is 16. The molecule has 0 aromatic carbocycles. The fourth-order valence-electron chi connectivity index (χ4n) is 5.23. The lowest BCUT2D eigenvalue weighted by molar-refractivity contribution is -0.381. The first-order valence-electron chi connectivity index (χ1n) is 12.9. The van der Waals surface area contributed by atoms with Crippen LogP contribution >= 0.6 is 0 Å². The van der Waals surface area contributed by atoms with Gasteiger partial charge in [-0.3, -0.25) is 0 Å². The average molecular weight is 589 g/mol. The molecule has 0 saturated carbocycles. The van der Waals surface area contributed by atoms with E-state index in [4.69, 9.17) is 52.1 Å². The Kier molecular flexibility index (Phi) is 13.3. The summed E-state index contributed by atoms with van der Waals surface area (Å²) in [6.45, 7) is -0.148. The van der Waals surface area contributed by atoms with Crippen LogP contribution in [0.5, 0.6) is 0 Å². The third-order valence-electron chi connectivity index (χ3n) is 7.29. The normalized spacial score (nSPS) is 46.4. The standard InChI is InChI=1S/C24H44O16/c1-30-7-10-13(25)14(26)20(34-5)23(37-10)40-18-12(9-32-3)38-24(21(35-6)16(18)28)39-17-11(8-31-2)36-22(29)19(33-4)15(17)27/h10-29H,7-9H2,1-6H3/t10-,11-,12?,13+,14?,15?,16?,17+,18+,19?,20?,21-,22+,23-,24-/m0/s1. The Labute approximate surface area is 232 Å². The third kappa shape index (κ3) is 7.28. The molecule has 3 aliphatic heterocycles. The fourth-order valence-corrected chi connectivity index (χ4v) is 5.23. The maximum atomic E-state index is 11.4. The van der Waals surface area contributed by atoms with Crippen molar-refractivity contribution in [2.24, 2.45) is 0 Å². The summed E-state index contributed by atoms with van der Waals surface area (Å²) in [4.78, 5) is 0. The number of hydrogen-bond donors (Lipinski definition) is 5. The maximum Gasteiger partial charge on any atom is 0.187 e. The van der Waals surface area contributed by atoms with E-state index in [1.807, 2.05) is 0 Å². The van der Waals surface area contributed by atoms with E-state index >= 15 is 0 Å². The van der Waals surface area contributed by atoms with E-state index in [0.29, 0.717) is 0 Å². The number of rotatable bonds is 13. The highest BCUT2D eigenvalue weighted by molar-refractivity contribution is 4.97. The van der Waals surface area contributed by atoms with Gasteiger partial charge in [0.15, 0.2) is 18.9 Å². The van der Waals surface area contributed by atoms with Crippen LogP contribution in [0.4, 0.5) is 0 Å². The molecular weight excluding hydrogens is 544 g/mol. The van der Waals surface area contributed by atoms with Crippen LogP contribution in [0.25, 0.3) is 0 Å². The van der Waals surface area contributed by atoms with Gasteiger partial charge in [-0.05, 0) is 0 Å². The molecule has 3 heterocycles. The van der Waals surface area contributed by atoms with Gasteiger partial charge in [-0.25, -0.2) is 0 Å². The van der Waals surface area contributed by atoms with Gasteiger partial charge < -0.3 is 77.6 Å². The van der Waals surface area contributed by atoms with E-state index in [2.05, 4.69) is 0 Å². The molecule has 3 rings (SSSR count). The molecule has 5 N–H and O–H groups in total. The molecule has 0 aromatic rings. The Morgan fingerprint density at radius 1 is 0.450 bits per heavy atom. The van der Waals surface area contributed by atoms with Gasteiger partial charge in [0.2, 0.25) is 0 Å². The van der Waals surface area contributed by atoms with Gasteiger partial charge in [-0.1, -0.05) is 0 Å². The highest BCUT2D eigenvalue weighted by atomic mass is 16.8. The topological polar surface area (TPSA) is 203 Å². The van der Waals surface area contributed by atoms with Crippen molar-refractivity contribution in [2.75, 3.05) is 62.5 Å². The number of aliphatic hydroxyl groups excluding tert-OH is 5. The molecule has 0 amide bonds. The van der Waals surface area contributed by atoms with E-state index in [1.165, 1.54) is 42.7 Å². The molecule has 3 fully saturated rings. The van der Waals surface area contributed by atoms with E-state index in [-0.39, 0.29) is 19.8 Å². The number of methoxy groups -OCH3 is 6. The molecular formula is C24H44O16. The van der Waals surface area contributed by atoms with Gasteiger partial charge in [-0.2, -0.15) is 0 Å². The first kappa shape index (κ1) is 33.9. The number of aliphatic hydroxyl groups is 5. The largest absolute Gasteiger partial charge is 0.387 e. The molecule has 0 radical (unpaired) electrons. The van der Waals surface area contributed by atoms with E-state index < -0.39 is 92.1 Å². The fraction of sp³-hybridized carbons (Fsp3) is 1.00. The average Bonchev–Trinajstić information content (AvgIpc) is 2.92. The lowest BCUT2D eigenvalue weighted by Crippen LogP contribution is -2.67. The molecule has 6 unspecified atom stereocenters. The van der Waals surface area contributed by atoms with E-state index in [9.17, 15) is 25.5 Å². The minimum absolute atomic E-state index is 0.0381. The van der Waals surface area contributed by atoms with Gasteiger partial charge in [0.25, 0.3) is 0 Å². The lowest BCUT2D eigenvalue weighted by Gasteiger charge is -2.49. The van der Waals surface area contributed by atoms with Crippen molar-refractivity contribution < 1.29 is 77.6 Å². The van der Waals surface area contributed by atoms with Gasteiger partial charge in [0.05, 0.1) is 19.8 Å². The van der Waals surface area contributed by atoms with Gasteiger partial charge >= 0.3 is 0 Å². The number of ether oxygens (including phenoxy) is 11. The Morgan fingerprint density at radius 3 is 1.32 bits per heavy atom. The van der Waals surface area contributed by atoms with E-state index in [1.54, 1.807) is 0 Å². The van der Waals surface area contributed by atoms with Crippen LogP contribution in [0.3, 0.4) is 0 Å². The van der Waals surface area contributed by atoms with Crippen LogP contribution in [0.2, 0.25) is 0 Å². The first-order valence-corrected chi connectivity index (χ1v) is 12.9. The minimum atomic E-state index is -1.44. The zero-order valence-electron chi connectivity index (χ0n) is 23.5. The van der Waals surface area contributed by atoms with Crippen LogP contribution < -0.4 is 0 Å². The summed E-state index contributed by atoms with van der Waals surface area (Å²) >= 11 is 0. The smallest absolute Gasteiger partial charge is 0.187 e. The zero-order valence-corrected chi connectivity index (χ0v) is 23.5. The second kappa shape index (κ2) is 15.7. The summed E-state index contributed by atoms with van der Waals surface area (Å²) in [5.41, 5.74) is 0. The summed E-state index contributed by atoms with van der Waals surface area (Å²) < 4.78 is 61.3. The summed E-state index contributed by atoms with van der Waals surface area (Å²) in [6, 6.07) is 0. The third-order valence-corrected chi connectivity index (χ3v) is 7.29. The molecule has 16 nitrogen and oxygen atoms in total.